The molecule has 0 bridgehead atoms. The SMILES string of the molecule is Cc1cc(C2Oc3cc(O)cc(O)c3CC2OC(=O)c2cc(O)c(O)c(O)c2)cc(O)c1O.O=C(OC1Cc2c(O)cc(O)cc2OC1c1ccc(O)c(O)c1)c1cc(O)c(O)c(O)c1. The second kappa shape index (κ2) is 17.1. The highest BCUT2D eigenvalue weighted by Gasteiger charge is 2.39. The molecule has 20 heteroatoms. The summed E-state index contributed by atoms with van der Waals surface area (Å²) in [6, 6.07) is 15.0. The molecule has 8 rings (SSSR count). The van der Waals surface area contributed by atoms with E-state index >= 15 is 0 Å². The number of fused-ring (bicyclic) bond motifs is 2. The Morgan fingerprint density at radius 2 is 0.846 bits per heavy atom. The molecule has 20 nitrogen and oxygen atoms in total. The maximum atomic E-state index is 12.8. The lowest BCUT2D eigenvalue weighted by Crippen LogP contribution is -2.34. The summed E-state index contributed by atoms with van der Waals surface area (Å²) in [6.07, 6.45) is -4.26. The van der Waals surface area contributed by atoms with Crippen LogP contribution in [0.3, 0.4) is 0 Å². The summed E-state index contributed by atoms with van der Waals surface area (Å²) in [5, 5.41) is 137. The Labute approximate surface area is 365 Å². The molecule has 4 atom stereocenters. The minimum atomic E-state index is -1.07. The Hall–Kier alpha value is -8.94. The van der Waals surface area contributed by atoms with Gasteiger partial charge >= 0.3 is 11.9 Å². The molecular formula is C45H38O20. The van der Waals surface area contributed by atoms with E-state index in [1.807, 2.05) is 0 Å². The number of aromatic hydroxyl groups is 14. The van der Waals surface area contributed by atoms with Gasteiger partial charge in [0.25, 0.3) is 0 Å². The van der Waals surface area contributed by atoms with Gasteiger partial charge in [0.15, 0.2) is 69.7 Å². The zero-order valence-electron chi connectivity index (χ0n) is 33.4. The molecule has 2 heterocycles. The van der Waals surface area contributed by atoms with Crippen LogP contribution in [0.4, 0.5) is 0 Å². The normalized spacial score (nSPS) is 17.2. The monoisotopic (exact) mass is 898 g/mol. The molecule has 65 heavy (non-hydrogen) atoms. The summed E-state index contributed by atoms with van der Waals surface area (Å²) in [4.78, 5) is 25.5. The Morgan fingerprint density at radius 3 is 1.26 bits per heavy atom. The molecule has 0 fully saturated rings. The molecule has 0 aliphatic carbocycles. The van der Waals surface area contributed by atoms with Gasteiger partial charge in [0.1, 0.15) is 46.7 Å². The van der Waals surface area contributed by atoms with Crippen molar-refractivity contribution in [3.63, 3.8) is 0 Å². The van der Waals surface area contributed by atoms with Crippen LogP contribution in [0.15, 0.2) is 78.9 Å². The van der Waals surface area contributed by atoms with E-state index < -0.39 is 82.4 Å². The predicted octanol–water partition coefficient (Wildman–Crippen LogP) is 5.36. The van der Waals surface area contributed by atoms with Gasteiger partial charge in [0.05, 0.1) is 11.1 Å². The van der Waals surface area contributed by atoms with Crippen molar-refractivity contribution in [1.82, 2.24) is 0 Å². The molecule has 338 valence electrons. The molecule has 0 saturated heterocycles. The van der Waals surface area contributed by atoms with Crippen molar-refractivity contribution in [3.8, 4) is 92.0 Å². The van der Waals surface area contributed by atoms with Crippen molar-refractivity contribution in [3.05, 3.63) is 118 Å². The molecule has 0 amide bonds. The first-order valence-electron chi connectivity index (χ1n) is 19.1. The second-order valence-corrected chi connectivity index (χ2v) is 14.9. The number of rotatable bonds is 6. The van der Waals surface area contributed by atoms with Gasteiger partial charge in [-0.1, -0.05) is 6.07 Å². The van der Waals surface area contributed by atoms with Gasteiger partial charge in [-0.2, -0.15) is 0 Å². The van der Waals surface area contributed by atoms with Crippen molar-refractivity contribution >= 4 is 11.9 Å². The first kappa shape index (κ1) is 44.1. The number of carbonyl (C=O) groups excluding carboxylic acids is 2. The van der Waals surface area contributed by atoms with E-state index in [9.17, 15) is 81.1 Å². The first-order chi connectivity index (χ1) is 30.7. The average Bonchev–Trinajstić information content (AvgIpc) is 3.24. The number of esters is 2. The highest BCUT2D eigenvalue weighted by atomic mass is 16.6. The largest absolute Gasteiger partial charge is 0.508 e. The van der Waals surface area contributed by atoms with Crippen LogP contribution in [-0.4, -0.2) is 95.6 Å². The zero-order valence-corrected chi connectivity index (χ0v) is 33.4. The molecule has 6 aromatic carbocycles. The number of ether oxygens (including phenoxy) is 4. The fraction of sp³-hybridized carbons (Fsp3) is 0.156. The van der Waals surface area contributed by atoms with Crippen LogP contribution in [-0.2, 0) is 22.3 Å². The van der Waals surface area contributed by atoms with Crippen molar-refractivity contribution in [2.24, 2.45) is 0 Å². The van der Waals surface area contributed by atoms with Crippen LogP contribution < -0.4 is 9.47 Å². The Balaban J connectivity index is 0.000000194. The van der Waals surface area contributed by atoms with Crippen LogP contribution in [0.2, 0.25) is 0 Å². The molecule has 0 aromatic heterocycles. The minimum Gasteiger partial charge on any atom is -0.508 e. The Morgan fingerprint density at radius 1 is 0.446 bits per heavy atom. The number of phenols is 14. The van der Waals surface area contributed by atoms with Gasteiger partial charge in [-0.05, 0) is 61.0 Å². The van der Waals surface area contributed by atoms with Crippen molar-refractivity contribution < 1.29 is 100 Å². The van der Waals surface area contributed by atoms with Crippen molar-refractivity contribution in [1.29, 1.82) is 0 Å². The fourth-order valence-electron chi connectivity index (χ4n) is 7.19. The van der Waals surface area contributed by atoms with E-state index in [0.717, 1.165) is 36.4 Å². The predicted molar refractivity (Wildman–Crippen MR) is 219 cm³/mol. The summed E-state index contributed by atoms with van der Waals surface area (Å²) in [5.41, 5.74) is 0.997. The highest BCUT2D eigenvalue weighted by Crippen LogP contribution is 2.47. The molecule has 2 aliphatic rings. The summed E-state index contributed by atoms with van der Waals surface area (Å²) in [6.45, 7) is 1.55. The number of carbonyl (C=O) groups is 2. The van der Waals surface area contributed by atoms with Crippen LogP contribution in [0.5, 0.6) is 92.0 Å². The molecule has 6 aromatic rings. The zero-order chi connectivity index (χ0) is 47.2. The Kier molecular flexibility index (Phi) is 11.6. The molecule has 2 aliphatic heterocycles. The maximum Gasteiger partial charge on any atom is 0.338 e. The lowest BCUT2D eigenvalue weighted by Gasteiger charge is -2.34. The third-order valence-electron chi connectivity index (χ3n) is 10.4. The quantitative estimate of drug-likeness (QED) is 0.0738. The number of hydrogen-bond acceptors (Lipinski definition) is 20. The molecular weight excluding hydrogens is 860 g/mol. The van der Waals surface area contributed by atoms with Gasteiger partial charge in [-0.15, -0.1) is 0 Å². The standard InChI is InChI=1S/C23H20O10.C22H18O10/c1-9-2-10(3-15(26)20(9)29)22-19(8-13-14(25)6-12(24)7-18(13)32-22)33-23(31)11-4-16(27)21(30)17(28)5-11;23-11-6-14(25)12-8-19(32-22(30)10-4-16(27)20(29)17(28)5-10)21(31-18(12)7-11)9-1-2-13(24)15(26)3-9/h2-7,19,22,24-30H,8H2,1H3;1-7,19,21,23-29H,8H2. The summed E-state index contributed by atoms with van der Waals surface area (Å²) < 4.78 is 22.9. The van der Waals surface area contributed by atoms with E-state index in [1.54, 1.807) is 6.92 Å². The van der Waals surface area contributed by atoms with Crippen molar-refractivity contribution in [2.45, 2.75) is 44.2 Å². The summed E-state index contributed by atoms with van der Waals surface area (Å²) in [7, 11) is 0. The van der Waals surface area contributed by atoms with E-state index in [-0.39, 0.29) is 81.1 Å². The van der Waals surface area contributed by atoms with Gasteiger partial charge < -0.3 is 90.4 Å². The molecule has 0 spiro atoms. The van der Waals surface area contributed by atoms with Gasteiger partial charge in [-0.25, -0.2) is 9.59 Å². The van der Waals surface area contributed by atoms with E-state index in [0.29, 0.717) is 16.7 Å². The second-order valence-electron chi connectivity index (χ2n) is 14.9. The van der Waals surface area contributed by atoms with E-state index in [2.05, 4.69) is 0 Å². The van der Waals surface area contributed by atoms with E-state index in [1.165, 1.54) is 42.5 Å². The molecule has 0 saturated carbocycles. The van der Waals surface area contributed by atoms with E-state index in [4.69, 9.17) is 18.9 Å². The van der Waals surface area contributed by atoms with Gasteiger partial charge in [0.2, 0.25) is 0 Å². The number of phenolic OH excluding ortho intramolecular Hbond substituents is 14. The fourth-order valence-corrected chi connectivity index (χ4v) is 7.19. The van der Waals surface area contributed by atoms with Gasteiger partial charge in [0, 0.05) is 59.4 Å². The van der Waals surface area contributed by atoms with Crippen LogP contribution in [0, 0.1) is 6.92 Å². The van der Waals surface area contributed by atoms with Crippen LogP contribution in [0.1, 0.15) is 60.7 Å². The summed E-state index contributed by atoms with van der Waals surface area (Å²) in [5.74, 6) is -8.79. The summed E-state index contributed by atoms with van der Waals surface area (Å²) >= 11 is 0. The van der Waals surface area contributed by atoms with Crippen molar-refractivity contribution in [2.75, 3.05) is 0 Å². The average molecular weight is 899 g/mol. The smallest absolute Gasteiger partial charge is 0.338 e. The number of aryl methyl sites for hydroxylation is 1. The lowest BCUT2D eigenvalue weighted by molar-refractivity contribution is -0.0192. The first-order valence-corrected chi connectivity index (χ1v) is 19.1. The third kappa shape index (κ3) is 8.89. The van der Waals surface area contributed by atoms with Crippen LogP contribution in [0.25, 0.3) is 0 Å². The highest BCUT2D eigenvalue weighted by molar-refractivity contribution is 5.92. The maximum absolute atomic E-state index is 12.8. The lowest BCUT2D eigenvalue weighted by atomic mass is 9.92. The van der Waals surface area contributed by atoms with Gasteiger partial charge in [-0.3, -0.25) is 0 Å². The minimum absolute atomic E-state index is 0.0461. The van der Waals surface area contributed by atoms with Crippen LogP contribution >= 0.6 is 0 Å². The topological polar surface area (TPSA) is 354 Å². The Bertz CT molecular complexity index is 2800. The number of hydrogen-bond donors (Lipinski definition) is 14. The molecule has 0 radical (unpaired) electrons. The molecule has 4 unspecified atom stereocenters. The molecule has 14 N–H and O–H groups in total. The number of benzene rings is 6. The third-order valence-corrected chi connectivity index (χ3v) is 10.4.